The average Bonchev–Trinajstić information content (AvgIpc) is 2.90. The molecule has 0 spiro atoms. The number of nitrogens with one attached hydrogen (secondary N) is 1. The number of nitrogens with zero attached hydrogens (tertiary/aromatic N) is 4. The van der Waals surface area contributed by atoms with Crippen LogP contribution in [0.2, 0.25) is 5.02 Å². The first kappa shape index (κ1) is 24.2. The highest BCUT2D eigenvalue weighted by Gasteiger charge is 2.33. The van der Waals surface area contributed by atoms with Crippen molar-refractivity contribution in [2.24, 2.45) is 0 Å². The summed E-state index contributed by atoms with van der Waals surface area (Å²) in [4.78, 5) is 37.7. The van der Waals surface area contributed by atoms with E-state index in [4.69, 9.17) is 16.3 Å². The summed E-state index contributed by atoms with van der Waals surface area (Å²) >= 11 is 6.01. The fraction of sp³-hybridized carbons (Fsp3) is 0.333. The van der Waals surface area contributed by atoms with E-state index in [2.05, 4.69) is 28.3 Å². The molecule has 9 heteroatoms. The van der Waals surface area contributed by atoms with E-state index < -0.39 is 0 Å². The third-order valence-corrected chi connectivity index (χ3v) is 6.91. The first-order valence-electron chi connectivity index (χ1n) is 12.1. The van der Waals surface area contributed by atoms with Crippen molar-refractivity contribution in [3.05, 3.63) is 71.1 Å². The summed E-state index contributed by atoms with van der Waals surface area (Å²) in [6.07, 6.45) is 4.07. The van der Waals surface area contributed by atoms with Crippen LogP contribution in [0.25, 0.3) is 11.1 Å². The van der Waals surface area contributed by atoms with Crippen LogP contribution >= 0.6 is 11.6 Å². The van der Waals surface area contributed by atoms with E-state index in [0.717, 1.165) is 34.6 Å². The van der Waals surface area contributed by atoms with E-state index in [1.54, 1.807) is 36.4 Å². The monoisotopic (exact) mass is 505 g/mol. The van der Waals surface area contributed by atoms with Crippen LogP contribution in [0, 0.1) is 0 Å². The molecule has 1 aromatic carbocycles. The molecule has 4 heterocycles. The maximum Gasteiger partial charge on any atom is 0.272 e. The molecule has 0 bridgehead atoms. The molecule has 5 rings (SSSR count). The molecule has 2 aliphatic heterocycles. The van der Waals surface area contributed by atoms with Crippen LogP contribution in [0.3, 0.4) is 0 Å². The number of pyridine rings is 2. The third kappa shape index (κ3) is 4.92. The van der Waals surface area contributed by atoms with E-state index in [1.807, 2.05) is 29.2 Å². The topological polar surface area (TPSA) is 87.7 Å². The number of benzene rings is 1. The van der Waals surface area contributed by atoms with Gasteiger partial charge in [0, 0.05) is 49.7 Å². The van der Waals surface area contributed by atoms with Gasteiger partial charge in [-0.1, -0.05) is 23.7 Å². The van der Waals surface area contributed by atoms with E-state index >= 15 is 0 Å². The smallest absolute Gasteiger partial charge is 0.272 e. The van der Waals surface area contributed by atoms with Crippen LogP contribution in [-0.2, 0) is 9.53 Å². The number of fused-ring (bicyclic) bond motifs is 1. The first-order chi connectivity index (χ1) is 17.4. The Kier molecular flexibility index (Phi) is 6.89. The van der Waals surface area contributed by atoms with Gasteiger partial charge in [-0.15, -0.1) is 0 Å². The Morgan fingerprint density at radius 2 is 1.81 bits per heavy atom. The number of rotatable bonds is 4. The standard InChI is InChI=1S/C27H28ClN5O3/c1-17-13-24(31-26-8-5-21(28)16-30-26)22-14-19(4-7-25(22)33(17)18(2)34)20-3-6-23(29-15-20)27(35)32-9-11-36-12-10-32/h3-8,14-17,24H,9-13H2,1-2H3,(H,30,31)/t17-,24+/m0/s1. The summed E-state index contributed by atoms with van der Waals surface area (Å²) in [5.74, 6) is 0.644. The number of morpholine rings is 1. The number of aromatic nitrogens is 2. The number of halogens is 1. The maximum atomic E-state index is 12.8. The van der Waals surface area contributed by atoms with Crippen LogP contribution in [0.4, 0.5) is 11.5 Å². The number of anilines is 2. The Hall–Kier alpha value is -3.49. The predicted molar refractivity (Wildman–Crippen MR) is 139 cm³/mol. The summed E-state index contributed by atoms with van der Waals surface area (Å²) in [7, 11) is 0. The minimum Gasteiger partial charge on any atom is -0.378 e. The fourth-order valence-electron chi connectivity index (χ4n) is 4.92. The van der Waals surface area contributed by atoms with E-state index in [-0.39, 0.29) is 23.9 Å². The zero-order chi connectivity index (χ0) is 25.2. The van der Waals surface area contributed by atoms with Crippen molar-refractivity contribution in [2.45, 2.75) is 32.4 Å². The van der Waals surface area contributed by atoms with Gasteiger partial charge < -0.3 is 19.9 Å². The van der Waals surface area contributed by atoms with Gasteiger partial charge in [-0.3, -0.25) is 14.6 Å². The van der Waals surface area contributed by atoms with Crippen molar-refractivity contribution in [2.75, 3.05) is 36.5 Å². The van der Waals surface area contributed by atoms with Crippen molar-refractivity contribution in [3.63, 3.8) is 0 Å². The Balaban J connectivity index is 1.45. The lowest BCUT2D eigenvalue weighted by atomic mass is 9.89. The van der Waals surface area contributed by atoms with Gasteiger partial charge in [0.05, 0.1) is 24.3 Å². The number of carbonyl (C=O) groups is 2. The lowest BCUT2D eigenvalue weighted by molar-refractivity contribution is -0.117. The van der Waals surface area contributed by atoms with Gasteiger partial charge in [-0.05, 0) is 54.8 Å². The van der Waals surface area contributed by atoms with Crippen molar-refractivity contribution in [1.82, 2.24) is 14.9 Å². The molecular formula is C27H28ClN5O3. The van der Waals surface area contributed by atoms with Gasteiger partial charge in [0.15, 0.2) is 0 Å². The van der Waals surface area contributed by atoms with Gasteiger partial charge in [-0.2, -0.15) is 0 Å². The molecule has 0 unspecified atom stereocenters. The molecule has 3 aromatic rings. The Bertz CT molecular complexity index is 1260. The second-order valence-electron chi connectivity index (χ2n) is 9.14. The van der Waals surface area contributed by atoms with E-state index in [9.17, 15) is 9.59 Å². The number of hydrogen-bond acceptors (Lipinski definition) is 6. The Labute approximate surface area is 215 Å². The number of amides is 2. The molecule has 2 atom stereocenters. The van der Waals surface area contributed by atoms with Crippen LogP contribution in [-0.4, -0.2) is 59.0 Å². The van der Waals surface area contributed by atoms with Gasteiger partial charge in [0.2, 0.25) is 5.91 Å². The molecule has 186 valence electrons. The largest absolute Gasteiger partial charge is 0.378 e. The van der Waals surface area contributed by atoms with Gasteiger partial charge in [0.25, 0.3) is 5.91 Å². The van der Waals surface area contributed by atoms with Gasteiger partial charge in [0.1, 0.15) is 11.5 Å². The number of ether oxygens (including phenoxy) is 1. The van der Waals surface area contributed by atoms with Crippen LogP contribution < -0.4 is 10.2 Å². The maximum absolute atomic E-state index is 12.8. The summed E-state index contributed by atoms with van der Waals surface area (Å²) < 4.78 is 5.33. The predicted octanol–water partition coefficient (Wildman–Crippen LogP) is 4.57. The van der Waals surface area contributed by atoms with Crippen LogP contribution in [0.15, 0.2) is 54.9 Å². The molecule has 0 aliphatic carbocycles. The van der Waals surface area contributed by atoms with Crippen molar-refractivity contribution >= 4 is 34.9 Å². The molecule has 2 aliphatic rings. The average molecular weight is 506 g/mol. The molecule has 1 N–H and O–H groups in total. The number of carbonyl (C=O) groups excluding carboxylic acids is 2. The SMILES string of the molecule is CC(=O)N1c2ccc(-c3ccc(C(=O)N4CCOCC4)nc3)cc2[C@H](Nc2ccc(Cl)cn2)C[C@@H]1C. The van der Waals surface area contributed by atoms with E-state index in [0.29, 0.717) is 37.0 Å². The molecule has 36 heavy (non-hydrogen) atoms. The minimum absolute atomic E-state index is 0.00668. The Morgan fingerprint density at radius 1 is 1.03 bits per heavy atom. The molecule has 1 saturated heterocycles. The summed E-state index contributed by atoms with van der Waals surface area (Å²) in [6.45, 7) is 5.91. The zero-order valence-corrected chi connectivity index (χ0v) is 21.0. The van der Waals surface area contributed by atoms with Crippen LogP contribution in [0.1, 0.15) is 42.4 Å². The first-order valence-corrected chi connectivity index (χ1v) is 12.4. The highest BCUT2D eigenvalue weighted by atomic mass is 35.5. The molecule has 2 amide bonds. The quantitative estimate of drug-likeness (QED) is 0.559. The normalized spacial score (nSPS) is 19.5. The second kappa shape index (κ2) is 10.2. The second-order valence-corrected chi connectivity index (χ2v) is 9.58. The van der Waals surface area contributed by atoms with Crippen molar-refractivity contribution in [1.29, 1.82) is 0 Å². The number of hydrogen-bond donors (Lipinski definition) is 1. The molecule has 2 aromatic heterocycles. The van der Waals surface area contributed by atoms with Gasteiger partial charge in [-0.25, -0.2) is 4.98 Å². The summed E-state index contributed by atoms with van der Waals surface area (Å²) in [6, 6.07) is 13.4. The highest BCUT2D eigenvalue weighted by molar-refractivity contribution is 6.30. The lowest BCUT2D eigenvalue weighted by Crippen LogP contribution is -2.43. The minimum atomic E-state index is -0.0823. The molecule has 0 saturated carbocycles. The molecule has 1 fully saturated rings. The van der Waals surface area contributed by atoms with Crippen molar-refractivity contribution in [3.8, 4) is 11.1 Å². The molecule has 0 radical (unpaired) electrons. The van der Waals surface area contributed by atoms with Crippen LogP contribution in [0.5, 0.6) is 0 Å². The fourth-order valence-corrected chi connectivity index (χ4v) is 5.03. The molecule has 8 nitrogen and oxygen atoms in total. The summed E-state index contributed by atoms with van der Waals surface area (Å²) in [5.41, 5.74) is 4.16. The summed E-state index contributed by atoms with van der Waals surface area (Å²) in [5, 5.41) is 4.08. The lowest BCUT2D eigenvalue weighted by Gasteiger charge is -2.39. The highest BCUT2D eigenvalue weighted by Crippen LogP contribution is 2.41. The third-order valence-electron chi connectivity index (χ3n) is 6.68. The zero-order valence-electron chi connectivity index (χ0n) is 20.3. The van der Waals surface area contributed by atoms with Crippen molar-refractivity contribution < 1.29 is 14.3 Å². The van der Waals surface area contributed by atoms with Gasteiger partial charge >= 0.3 is 0 Å². The van der Waals surface area contributed by atoms with E-state index in [1.165, 1.54) is 0 Å². The molecular weight excluding hydrogens is 478 g/mol. The Morgan fingerprint density at radius 3 is 2.47 bits per heavy atom.